The summed E-state index contributed by atoms with van der Waals surface area (Å²) in [7, 11) is 0. The van der Waals surface area contributed by atoms with E-state index in [9.17, 15) is 18.0 Å². The van der Waals surface area contributed by atoms with Gasteiger partial charge in [-0.1, -0.05) is 20.8 Å². The third-order valence-electron chi connectivity index (χ3n) is 2.31. The van der Waals surface area contributed by atoms with Gasteiger partial charge in [-0.15, -0.1) is 0 Å². The summed E-state index contributed by atoms with van der Waals surface area (Å²) in [5.74, 6) is -0.311. The van der Waals surface area contributed by atoms with Crippen LogP contribution in [0, 0.1) is 5.41 Å². The summed E-state index contributed by atoms with van der Waals surface area (Å²) in [5.41, 5.74) is 4.09. The molecule has 0 aliphatic rings. The number of hydrogen-bond donors (Lipinski definition) is 2. The number of halogens is 3. The molecule has 0 saturated carbocycles. The molecular weight excluding hydrogens is 245 g/mol. The Kier molecular flexibility index (Phi) is 3.59. The minimum absolute atomic E-state index is 0.109. The van der Waals surface area contributed by atoms with Gasteiger partial charge < -0.3 is 11.1 Å². The molecule has 3 N–H and O–H groups in total. The van der Waals surface area contributed by atoms with Crippen LogP contribution < -0.4 is 11.1 Å². The summed E-state index contributed by atoms with van der Waals surface area (Å²) in [4.78, 5) is 11.7. The number of nitrogen functional groups attached to an aromatic ring is 1. The second-order valence-corrected chi connectivity index (χ2v) is 5.00. The van der Waals surface area contributed by atoms with Crippen molar-refractivity contribution in [2.45, 2.75) is 26.9 Å². The van der Waals surface area contributed by atoms with Gasteiger partial charge in [0.05, 0.1) is 16.9 Å². The quantitative estimate of drug-likeness (QED) is 0.761. The van der Waals surface area contributed by atoms with Gasteiger partial charge in [0.2, 0.25) is 5.91 Å². The van der Waals surface area contributed by atoms with Crippen molar-refractivity contribution in [3.8, 4) is 0 Å². The van der Waals surface area contributed by atoms with Gasteiger partial charge in [-0.2, -0.15) is 13.2 Å². The number of benzene rings is 1. The van der Waals surface area contributed by atoms with Gasteiger partial charge >= 0.3 is 6.18 Å². The molecule has 1 amide bonds. The molecule has 0 aromatic heterocycles. The molecule has 0 radical (unpaired) electrons. The van der Waals surface area contributed by atoms with E-state index in [1.54, 1.807) is 20.8 Å². The highest BCUT2D eigenvalue weighted by Crippen LogP contribution is 2.33. The lowest BCUT2D eigenvalue weighted by molar-refractivity contribution is -0.137. The molecule has 0 aliphatic carbocycles. The van der Waals surface area contributed by atoms with E-state index in [4.69, 9.17) is 5.73 Å². The van der Waals surface area contributed by atoms with Gasteiger partial charge in [0.15, 0.2) is 0 Å². The van der Waals surface area contributed by atoms with Crippen LogP contribution in [0.2, 0.25) is 0 Å². The number of nitrogens with one attached hydrogen (secondary N) is 1. The van der Waals surface area contributed by atoms with Crippen molar-refractivity contribution >= 4 is 17.3 Å². The highest BCUT2D eigenvalue weighted by molar-refractivity contribution is 5.97. The number of rotatable bonds is 1. The van der Waals surface area contributed by atoms with Gasteiger partial charge in [-0.05, 0) is 18.2 Å². The van der Waals surface area contributed by atoms with E-state index in [2.05, 4.69) is 5.32 Å². The Labute approximate surface area is 103 Å². The molecule has 0 heterocycles. The first-order valence-corrected chi connectivity index (χ1v) is 5.30. The van der Waals surface area contributed by atoms with Gasteiger partial charge in [-0.3, -0.25) is 4.79 Å². The summed E-state index contributed by atoms with van der Waals surface area (Å²) in [5, 5.41) is 2.50. The topological polar surface area (TPSA) is 55.1 Å². The summed E-state index contributed by atoms with van der Waals surface area (Å²) in [6, 6.07) is 2.84. The van der Waals surface area contributed by atoms with E-state index in [-0.39, 0.29) is 17.3 Å². The first kappa shape index (κ1) is 14.3. The summed E-state index contributed by atoms with van der Waals surface area (Å²) in [6.07, 6.45) is -4.44. The first-order chi connectivity index (χ1) is 8.01. The maximum Gasteiger partial charge on any atom is 0.416 e. The largest absolute Gasteiger partial charge is 0.416 e. The Hall–Kier alpha value is -1.72. The number of carbonyl (C=O) groups excluding carboxylic acids is 1. The van der Waals surface area contributed by atoms with Gasteiger partial charge in [0, 0.05) is 5.41 Å². The summed E-state index contributed by atoms with van der Waals surface area (Å²) >= 11 is 0. The average molecular weight is 260 g/mol. The zero-order valence-electron chi connectivity index (χ0n) is 10.4. The van der Waals surface area contributed by atoms with Crippen LogP contribution in [0.5, 0.6) is 0 Å². The Bertz CT molecular complexity index is 461. The molecular formula is C12H15F3N2O. The maximum absolute atomic E-state index is 12.4. The molecule has 0 bridgehead atoms. The highest BCUT2D eigenvalue weighted by atomic mass is 19.4. The van der Waals surface area contributed by atoms with Gasteiger partial charge in [0.1, 0.15) is 0 Å². The zero-order chi connectivity index (χ0) is 14.1. The van der Waals surface area contributed by atoms with Crippen molar-refractivity contribution in [1.29, 1.82) is 0 Å². The third kappa shape index (κ3) is 3.38. The lowest BCUT2D eigenvalue weighted by Crippen LogP contribution is -2.28. The fraction of sp³-hybridized carbons (Fsp3) is 0.417. The number of hydrogen-bond acceptors (Lipinski definition) is 2. The molecule has 0 atom stereocenters. The minimum atomic E-state index is -4.44. The van der Waals surface area contributed by atoms with Gasteiger partial charge in [0.25, 0.3) is 0 Å². The van der Waals surface area contributed by atoms with Crippen molar-refractivity contribution in [2.24, 2.45) is 5.41 Å². The summed E-state index contributed by atoms with van der Waals surface area (Å²) in [6.45, 7) is 5.09. The van der Waals surface area contributed by atoms with Crippen LogP contribution in [0.1, 0.15) is 26.3 Å². The lowest BCUT2D eigenvalue weighted by Gasteiger charge is -2.19. The van der Waals surface area contributed by atoms with E-state index in [1.807, 2.05) is 0 Å². The van der Waals surface area contributed by atoms with Crippen LogP contribution in [0.3, 0.4) is 0 Å². The Morgan fingerprint density at radius 1 is 1.22 bits per heavy atom. The van der Waals surface area contributed by atoms with E-state index in [1.165, 1.54) is 0 Å². The molecule has 0 spiro atoms. The molecule has 1 aromatic rings. The normalized spacial score (nSPS) is 12.3. The molecule has 18 heavy (non-hydrogen) atoms. The predicted molar refractivity (Wildman–Crippen MR) is 63.9 cm³/mol. The van der Waals surface area contributed by atoms with Crippen molar-refractivity contribution in [3.63, 3.8) is 0 Å². The SMILES string of the molecule is CC(C)(C)C(=O)Nc1ccc(C(F)(F)F)cc1N. The molecule has 0 fully saturated rings. The molecule has 0 saturated heterocycles. The van der Waals surface area contributed by atoms with Crippen LogP contribution in [0.4, 0.5) is 24.5 Å². The zero-order valence-corrected chi connectivity index (χ0v) is 10.4. The van der Waals surface area contributed by atoms with Crippen molar-refractivity contribution in [1.82, 2.24) is 0 Å². The third-order valence-corrected chi connectivity index (χ3v) is 2.31. The molecule has 1 rings (SSSR count). The number of anilines is 2. The monoisotopic (exact) mass is 260 g/mol. The van der Waals surface area contributed by atoms with Crippen molar-refractivity contribution in [3.05, 3.63) is 23.8 Å². The van der Waals surface area contributed by atoms with Crippen LogP contribution in [-0.4, -0.2) is 5.91 Å². The van der Waals surface area contributed by atoms with Crippen molar-refractivity contribution < 1.29 is 18.0 Å². The fourth-order valence-corrected chi connectivity index (χ4v) is 1.16. The Morgan fingerprint density at radius 3 is 2.17 bits per heavy atom. The molecule has 3 nitrogen and oxygen atoms in total. The molecule has 1 aromatic carbocycles. The number of nitrogens with two attached hydrogens (primary N) is 1. The second-order valence-electron chi connectivity index (χ2n) is 5.00. The Balaban J connectivity index is 2.98. The van der Waals surface area contributed by atoms with E-state index >= 15 is 0 Å². The van der Waals surface area contributed by atoms with E-state index < -0.39 is 17.2 Å². The predicted octanol–water partition coefficient (Wildman–Crippen LogP) is 3.27. The van der Waals surface area contributed by atoms with Gasteiger partial charge in [-0.25, -0.2) is 0 Å². The Morgan fingerprint density at radius 2 is 1.78 bits per heavy atom. The molecule has 100 valence electrons. The molecule has 0 unspecified atom stereocenters. The number of carbonyl (C=O) groups is 1. The molecule has 6 heteroatoms. The smallest absolute Gasteiger partial charge is 0.397 e. The number of alkyl halides is 3. The average Bonchev–Trinajstić information content (AvgIpc) is 2.17. The highest BCUT2D eigenvalue weighted by Gasteiger charge is 2.31. The molecule has 0 aliphatic heterocycles. The second kappa shape index (κ2) is 4.51. The first-order valence-electron chi connectivity index (χ1n) is 5.30. The maximum atomic E-state index is 12.4. The minimum Gasteiger partial charge on any atom is -0.397 e. The standard InChI is InChI=1S/C12H15F3N2O/c1-11(2,3)10(18)17-9-5-4-7(6-8(9)16)12(13,14)15/h4-6H,16H2,1-3H3,(H,17,18). The number of amides is 1. The van der Waals surface area contributed by atoms with E-state index in [0.717, 1.165) is 18.2 Å². The fourth-order valence-electron chi connectivity index (χ4n) is 1.16. The lowest BCUT2D eigenvalue weighted by atomic mass is 9.95. The summed E-state index contributed by atoms with van der Waals surface area (Å²) < 4.78 is 37.2. The van der Waals surface area contributed by atoms with Crippen LogP contribution >= 0.6 is 0 Å². The van der Waals surface area contributed by atoms with E-state index in [0.29, 0.717) is 0 Å². The van der Waals surface area contributed by atoms with Crippen LogP contribution in [-0.2, 0) is 11.0 Å². The van der Waals surface area contributed by atoms with Crippen molar-refractivity contribution in [2.75, 3.05) is 11.1 Å². The van der Waals surface area contributed by atoms with Crippen LogP contribution in [0.25, 0.3) is 0 Å². The van der Waals surface area contributed by atoms with Crippen LogP contribution in [0.15, 0.2) is 18.2 Å².